The van der Waals surface area contributed by atoms with Crippen LogP contribution in [0.5, 0.6) is 5.75 Å². The van der Waals surface area contributed by atoms with E-state index in [-0.39, 0.29) is 0 Å². The average molecular weight is 288 g/mol. The first-order valence-corrected chi connectivity index (χ1v) is 7.56. The van der Waals surface area contributed by atoms with Crippen LogP contribution in [0.4, 0.5) is 0 Å². The molecule has 0 saturated heterocycles. The molecule has 0 spiro atoms. The number of nitrogens with zero attached hydrogens (tertiary/aromatic N) is 1. The van der Waals surface area contributed by atoms with Crippen molar-refractivity contribution in [2.24, 2.45) is 0 Å². The van der Waals surface area contributed by atoms with Crippen LogP contribution in [-0.2, 0) is 0 Å². The van der Waals surface area contributed by atoms with Gasteiger partial charge < -0.3 is 10.1 Å². The van der Waals surface area contributed by atoms with Gasteiger partial charge in [0, 0.05) is 22.0 Å². The predicted octanol–water partition coefficient (Wildman–Crippen LogP) is 3.91. The van der Waals surface area contributed by atoms with E-state index in [4.69, 9.17) is 4.74 Å². The minimum atomic E-state index is 0.292. The highest BCUT2D eigenvalue weighted by Crippen LogP contribution is 2.28. The fourth-order valence-electron chi connectivity index (χ4n) is 1.90. The smallest absolute Gasteiger partial charge is 0.118 e. The topological polar surface area (TPSA) is 34.1 Å². The predicted molar refractivity (Wildman–Crippen MR) is 83.4 cm³/mol. The molecule has 2 aromatic rings. The lowest BCUT2D eigenvalue weighted by Gasteiger charge is -2.11. The molecule has 1 aromatic heterocycles. The van der Waals surface area contributed by atoms with E-state index in [0.717, 1.165) is 22.9 Å². The van der Waals surface area contributed by atoms with Crippen molar-refractivity contribution in [3.05, 3.63) is 48.3 Å². The lowest BCUT2D eigenvalue weighted by atomic mass is 10.2. The van der Waals surface area contributed by atoms with Crippen molar-refractivity contribution in [3.63, 3.8) is 0 Å². The molecule has 0 amide bonds. The molecule has 1 aromatic carbocycles. The van der Waals surface area contributed by atoms with Gasteiger partial charge in [0.05, 0.1) is 12.8 Å². The van der Waals surface area contributed by atoms with Crippen LogP contribution in [0.2, 0.25) is 0 Å². The largest absolute Gasteiger partial charge is 0.497 e. The molecule has 0 aliphatic heterocycles. The molecule has 1 atom stereocenters. The van der Waals surface area contributed by atoms with Crippen molar-refractivity contribution in [2.75, 3.05) is 13.7 Å². The molecule has 0 aliphatic carbocycles. The number of hydrogen-bond acceptors (Lipinski definition) is 4. The molecule has 0 fully saturated rings. The van der Waals surface area contributed by atoms with Gasteiger partial charge in [-0.2, -0.15) is 0 Å². The summed E-state index contributed by atoms with van der Waals surface area (Å²) in [6, 6.07) is 12.5. The number of aromatic nitrogens is 1. The summed E-state index contributed by atoms with van der Waals surface area (Å²) in [6.07, 6.45) is 1.93. The SMILES string of the molecule is CCNC(C)c1ccc(Sc2ccc(OC)cc2)cn1. The number of benzene rings is 1. The van der Waals surface area contributed by atoms with E-state index in [1.807, 2.05) is 18.3 Å². The Bertz CT molecular complexity index is 525. The third-order valence-electron chi connectivity index (χ3n) is 3.01. The summed E-state index contributed by atoms with van der Waals surface area (Å²) < 4.78 is 5.16. The van der Waals surface area contributed by atoms with Crippen molar-refractivity contribution < 1.29 is 4.74 Å². The summed E-state index contributed by atoms with van der Waals surface area (Å²) in [6.45, 7) is 5.18. The summed E-state index contributed by atoms with van der Waals surface area (Å²) in [5.41, 5.74) is 1.07. The van der Waals surface area contributed by atoms with E-state index in [1.165, 1.54) is 4.90 Å². The minimum Gasteiger partial charge on any atom is -0.497 e. The normalized spacial score (nSPS) is 12.2. The molecule has 4 heteroatoms. The molecule has 1 unspecified atom stereocenters. The van der Waals surface area contributed by atoms with Crippen molar-refractivity contribution in [2.45, 2.75) is 29.7 Å². The van der Waals surface area contributed by atoms with Crippen LogP contribution in [0.25, 0.3) is 0 Å². The van der Waals surface area contributed by atoms with Gasteiger partial charge in [0.25, 0.3) is 0 Å². The second kappa shape index (κ2) is 7.31. The summed E-state index contributed by atoms with van der Waals surface area (Å²) in [7, 11) is 1.68. The number of methoxy groups -OCH3 is 1. The molecule has 2 rings (SSSR count). The zero-order valence-electron chi connectivity index (χ0n) is 12.1. The fourth-order valence-corrected chi connectivity index (χ4v) is 2.68. The Kier molecular flexibility index (Phi) is 5.44. The number of hydrogen-bond donors (Lipinski definition) is 1. The summed E-state index contributed by atoms with van der Waals surface area (Å²) in [4.78, 5) is 6.84. The highest BCUT2D eigenvalue weighted by molar-refractivity contribution is 7.99. The van der Waals surface area contributed by atoms with Gasteiger partial charge in [-0.15, -0.1) is 0 Å². The van der Waals surface area contributed by atoms with Crippen LogP contribution >= 0.6 is 11.8 Å². The molecule has 0 bridgehead atoms. The second-order valence-electron chi connectivity index (χ2n) is 4.48. The van der Waals surface area contributed by atoms with Crippen LogP contribution in [0.1, 0.15) is 25.6 Å². The van der Waals surface area contributed by atoms with Crippen molar-refractivity contribution in [3.8, 4) is 5.75 Å². The Hall–Kier alpha value is -1.52. The van der Waals surface area contributed by atoms with Crippen LogP contribution < -0.4 is 10.1 Å². The first-order valence-electron chi connectivity index (χ1n) is 6.74. The quantitative estimate of drug-likeness (QED) is 0.874. The van der Waals surface area contributed by atoms with Gasteiger partial charge in [0.1, 0.15) is 5.75 Å². The van der Waals surface area contributed by atoms with Crippen molar-refractivity contribution in [1.29, 1.82) is 0 Å². The highest BCUT2D eigenvalue weighted by Gasteiger charge is 2.05. The zero-order chi connectivity index (χ0) is 14.4. The van der Waals surface area contributed by atoms with E-state index in [9.17, 15) is 0 Å². The average Bonchev–Trinajstić information content (AvgIpc) is 2.49. The van der Waals surface area contributed by atoms with Gasteiger partial charge in [-0.05, 0) is 49.9 Å². The summed E-state index contributed by atoms with van der Waals surface area (Å²) in [5, 5.41) is 3.36. The highest BCUT2D eigenvalue weighted by atomic mass is 32.2. The molecule has 106 valence electrons. The van der Waals surface area contributed by atoms with Crippen LogP contribution in [-0.4, -0.2) is 18.6 Å². The maximum absolute atomic E-state index is 5.16. The molecule has 1 N–H and O–H groups in total. The summed E-state index contributed by atoms with van der Waals surface area (Å²) >= 11 is 1.70. The van der Waals surface area contributed by atoms with Crippen molar-refractivity contribution >= 4 is 11.8 Å². The zero-order valence-corrected chi connectivity index (χ0v) is 12.9. The Balaban J connectivity index is 2.02. The molecular weight excluding hydrogens is 268 g/mol. The first-order chi connectivity index (χ1) is 9.72. The standard InChI is InChI=1S/C16H20N2OS/c1-4-17-12(2)16-10-9-15(11-18-16)20-14-7-5-13(19-3)6-8-14/h5-12,17H,4H2,1-3H3. The third kappa shape index (κ3) is 3.99. The Morgan fingerprint density at radius 1 is 1.15 bits per heavy atom. The lowest BCUT2D eigenvalue weighted by Crippen LogP contribution is -2.18. The van der Waals surface area contributed by atoms with Gasteiger partial charge in [-0.3, -0.25) is 4.98 Å². The van der Waals surface area contributed by atoms with E-state index in [0.29, 0.717) is 6.04 Å². The van der Waals surface area contributed by atoms with Gasteiger partial charge >= 0.3 is 0 Å². The third-order valence-corrected chi connectivity index (χ3v) is 3.99. The first kappa shape index (κ1) is 14.9. The molecule has 20 heavy (non-hydrogen) atoms. The maximum atomic E-state index is 5.16. The molecule has 0 radical (unpaired) electrons. The van der Waals surface area contributed by atoms with Crippen LogP contribution in [0.3, 0.4) is 0 Å². The number of pyridine rings is 1. The Labute approximate surface area is 124 Å². The Morgan fingerprint density at radius 2 is 1.85 bits per heavy atom. The lowest BCUT2D eigenvalue weighted by molar-refractivity contribution is 0.414. The van der Waals surface area contributed by atoms with Gasteiger partial charge in [-0.25, -0.2) is 0 Å². The molecular formula is C16H20N2OS. The van der Waals surface area contributed by atoms with Gasteiger partial charge in [0.15, 0.2) is 0 Å². The van der Waals surface area contributed by atoms with E-state index < -0.39 is 0 Å². The maximum Gasteiger partial charge on any atom is 0.118 e. The van der Waals surface area contributed by atoms with E-state index in [2.05, 4.69) is 48.4 Å². The monoisotopic (exact) mass is 288 g/mol. The molecule has 1 heterocycles. The van der Waals surface area contributed by atoms with Gasteiger partial charge in [-0.1, -0.05) is 18.7 Å². The molecule has 3 nitrogen and oxygen atoms in total. The Morgan fingerprint density at radius 3 is 2.40 bits per heavy atom. The van der Waals surface area contributed by atoms with E-state index >= 15 is 0 Å². The van der Waals surface area contributed by atoms with E-state index in [1.54, 1.807) is 18.9 Å². The number of nitrogens with one attached hydrogen (secondary N) is 1. The van der Waals surface area contributed by atoms with Crippen LogP contribution in [0, 0.1) is 0 Å². The minimum absolute atomic E-state index is 0.292. The number of rotatable bonds is 6. The second-order valence-corrected chi connectivity index (χ2v) is 5.62. The van der Waals surface area contributed by atoms with Crippen LogP contribution in [0.15, 0.2) is 52.4 Å². The van der Waals surface area contributed by atoms with Gasteiger partial charge in [0.2, 0.25) is 0 Å². The molecule has 0 saturated carbocycles. The fraction of sp³-hybridized carbons (Fsp3) is 0.312. The molecule has 0 aliphatic rings. The summed E-state index contributed by atoms with van der Waals surface area (Å²) in [5.74, 6) is 0.877. The van der Waals surface area contributed by atoms with Crippen molar-refractivity contribution in [1.82, 2.24) is 10.3 Å². The number of ether oxygens (including phenoxy) is 1.